The molecule has 0 aliphatic carbocycles. The van der Waals surface area contributed by atoms with Crippen LogP contribution in [0.1, 0.15) is 250 Å². The van der Waals surface area contributed by atoms with Crippen LogP contribution in [0.5, 0.6) is 0 Å². The van der Waals surface area contributed by atoms with Crippen molar-refractivity contribution in [3.8, 4) is 0 Å². The van der Waals surface area contributed by atoms with E-state index in [4.69, 9.17) is 18.9 Å². The fourth-order valence-electron chi connectivity index (χ4n) is 11.2. The van der Waals surface area contributed by atoms with Crippen LogP contribution in [-0.2, 0) is 71.6 Å². The summed E-state index contributed by atoms with van der Waals surface area (Å²) >= 11 is 0. The normalized spacial score (nSPS) is 20.1. The van der Waals surface area contributed by atoms with Gasteiger partial charge in [0.2, 0.25) is 29.5 Å². The van der Waals surface area contributed by atoms with Gasteiger partial charge in [0.25, 0.3) is 0 Å². The number of likely N-dealkylation sites (tertiary alicyclic amines) is 5. The largest absolute Gasteiger partial charge is 0.469 e. The van der Waals surface area contributed by atoms with Crippen molar-refractivity contribution in [2.75, 3.05) is 92.4 Å². The molecule has 0 radical (unpaired) electrons. The highest BCUT2D eigenvalue weighted by Gasteiger charge is 2.39. The summed E-state index contributed by atoms with van der Waals surface area (Å²) in [5, 5.41) is 0. The summed E-state index contributed by atoms with van der Waals surface area (Å²) in [7, 11) is 1.37. The van der Waals surface area contributed by atoms with Crippen LogP contribution in [0.15, 0.2) is 0 Å². The molecule has 0 saturated carbocycles. The van der Waals surface area contributed by atoms with E-state index in [1.807, 2.05) is 13.8 Å². The molecule has 5 fully saturated rings. The quantitative estimate of drug-likeness (QED) is 0.0320. The highest BCUT2D eigenvalue weighted by atomic mass is 16.6. The highest BCUT2D eigenvalue weighted by molar-refractivity contribution is 5.89. The number of nitrogens with zero attached hydrogens (tertiary/aromatic N) is 5. The van der Waals surface area contributed by atoms with E-state index < -0.39 is 0 Å². The van der Waals surface area contributed by atoms with E-state index in [2.05, 4.69) is 67.1 Å². The number of carbonyl (C=O) groups excluding carboxylic acids is 10. The lowest BCUT2D eigenvalue weighted by Gasteiger charge is -2.17. The smallest absolute Gasteiger partial charge is 0.311 e. The Bertz CT molecular complexity index is 2090. The molecule has 5 aliphatic rings. The number of hydrogen-bond donors (Lipinski definition) is 0. The molecule has 0 aromatic carbocycles. The summed E-state index contributed by atoms with van der Waals surface area (Å²) in [4.78, 5) is 126. The van der Waals surface area contributed by atoms with Crippen LogP contribution < -0.4 is 0 Å². The number of amides is 5. The number of hydrogen-bond acceptors (Lipinski definition) is 15. The van der Waals surface area contributed by atoms with Gasteiger partial charge in [-0.2, -0.15) is 0 Å². The summed E-state index contributed by atoms with van der Waals surface area (Å²) in [5.41, 5.74) is 0. The summed E-state index contributed by atoms with van der Waals surface area (Å²) in [5.74, 6) is -0.844. The number of rotatable bonds is 37. The third kappa shape index (κ3) is 33.9. The maximum Gasteiger partial charge on any atom is 0.311 e. The SMILES string of the molecule is CCCCC(CC)COC(=O)C1CC(=O)N(CC)C1.CCCCCCC(C)OC(=O)C1CC(=O)N(CCCC)C1.CCCCCCN1CC(C(=O)OCC)CC1=O.CCCCCN1CC(C(=O)OC)CC1=O.CCCCOC(=O)C1CC(=O)N(CCC(C)C)C1. The third-order valence-electron chi connectivity index (χ3n) is 17.2. The topological polar surface area (TPSA) is 233 Å². The van der Waals surface area contributed by atoms with Crippen molar-refractivity contribution in [2.45, 2.75) is 256 Å². The number of carbonyl (C=O) groups is 10. The van der Waals surface area contributed by atoms with Gasteiger partial charge in [0.1, 0.15) is 0 Å². The van der Waals surface area contributed by atoms with E-state index in [0.29, 0.717) is 103 Å². The van der Waals surface area contributed by atoms with Crippen LogP contribution >= 0.6 is 0 Å². The Labute approximate surface area is 543 Å². The lowest BCUT2D eigenvalue weighted by Crippen LogP contribution is -2.28. The third-order valence-corrected chi connectivity index (χ3v) is 17.2. The zero-order chi connectivity index (χ0) is 67.4. The van der Waals surface area contributed by atoms with E-state index >= 15 is 0 Å². The lowest BCUT2D eigenvalue weighted by molar-refractivity contribution is -0.153. The molecule has 90 heavy (non-hydrogen) atoms. The van der Waals surface area contributed by atoms with Gasteiger partial charge in [-0.3, -0.25) is 47.9 Å². The summed E-state index contributed by atoms with van der Waals surface area (Å²) in [6.45, 7) is 32.7. The number of unbranched alkanes of at least 4 members (excludes halogenated alkanes) is 11. The summed E-state index contributed by atoms with van der Waals surface area (Å²) in [6, 6.07) is 0. The lowest BCUT2D eigenvalue weighted by atomic mass is 10.0. The second kappa shape index (κ2) is 49.4. The van der Waals surface area contributed by atoms with E-state index in [9.17, 15) is 47.9 Å². The van der Waals surface area contributed by atoms with E-state index in [0.717, 1.165) is 116 Å². The fraction of sp³-hybridized carbons (Fsp3) is 0.857. The fourth-order valence-corrected chi connectivity index (χ4v) is 11.2. The van der Waals surface area contributed by atoms with Gasteiger partial charge in [0, 0.05) is 97.6 Å². The predicted octanol–water partition coefficient (Wildman–Crippen LogP) is 11.6. The molecule has 5 amide bonds. The molecule has 0 N–H and O–H groups in total. The molecule has 20 nitrogen and oxygen atoms in total. The molecule has 0 bridgehead atoms. The molecule has 0 spiro atoms. The molecular weight excluding hydrogens is 1150 g/mol. The Balaban J connectivity index is 0.000000565. The van der Waals surface area contributed by atoms with Gasteiger partial charge in [-0.25, -0.2) is 0 Å². The first-order valence-electron chi connectivity index (χ1n) is 35.3. The predicted molar refractivity (Wildman–Crippen MR) is 350 cm³/mol. The molecule has 7 unspecified atom stereocenters. The molecule has 0 aromatic heterocycles. The van der Waals surface area contributed by atoms with Crippen LogP contribution in [-0.4, -0.2) is 182 Å². The minimum Gasteiger partial charge on any atom is -0.469 e. The van der Waals surface area contributed by atoms with Crippen molar-refractivity contribution in [3.05, 3.63) is 0 Å². The zero-order valence-electron chi connectivity index (χ0n) is 58.6. The first kappa shape index (κ1) is 82.7. The van der Waals surface area contributed by atoms with E-state index in [1.54, 1.807) is 31.4 Å². The molecule has 7 atom stereocenters. The van der Waals surface area contributed by atoms with Gasteiger partial charge in [0.15, 0.2) is 0 Å². The standard InChI is InChI=1S/C17H31NO3.C15H27NO3.C14H25NO3.C13H23NO3.C11H19NO3/c1-4-6-8-9-10-14(3)21-17(20)15-12-16(19)18(13-15)11-7-5-2;1-4-7-8-12(5-2)11-19-15(18)13-9-14(17)16(6-3)10-13;1-4-5-8-18-14(17)12-9-13(16)15(10-12)7-6-11(2)3;1-3-5-6-7-8-14-10-11(9-12(14)15)13(16)17-4-2;1-3-4-5-6-12-8-9(7-10(12)13)11(14)15-2/h14-15H,4-13H2,1-3H3;12-13H,4-11H2,1-3H3;11-12H,4-10H2,1-3H3;11H,3-10H2,1-2H3;9H,3-8H2,1-2H3. The Kier molecular flexibility index (Phi) is 45.4. The second-order valence-electron chi connectivity index (χ2n) is 25.5. The van der Waals surface area contributed by atoms with E-state index in [-0.39, 0.29) is 95.1 Å². The summed E-state index contributed by atoms with van der Waals surface area (Å²) in [6.07, 6.45) is 24.6. The first-order chi connectivity index (χ1) is 43.1. The molecule has 20 heteroatoms. The maximum absolute atomic E-state index is 12.1. The molecule has 5 rings (SSSR count). The first-order valence-corrected chi connectivity index (χ1v) is 35.3. The van der Waals surface area contributed by atoms with Crippen LogP contribution in [0.3, 0.4) is 0 Å². The molecule has 5 saturated heterocycles. The number of ether oxygens (including phenoxy) is 5. The molecule has 5 aliphatic heterocycles. The van der Waals surface area contributed by atoms with Gasteiger partial charge >= 0.3 is 29.8 Å². The minimum atomic E-state index is -0.263. The van der Waals surface area contributed by atoms with E-state index in [1.165, 1.54) is 52.1 Å². The Morgan fingerprint density at radius 1 is 0.400 bits per heavy atom. The Hall–Kier alpha value is -5.30. The van der Waals surface area contributed by atoms with Crippen molar-refractivity contribution in [3.63, 3.8) is 0 Å². The maximum atomic E-state index is 12.1. The number of esters is 5. The van der Waals surface area contributed by atoms with Gasteiger partial charge in [-0.15, -0.1) is 0 Å². The Morgan fingerprint density at radius 3 is 1.22 bits per heavy atom. The highest BCUT2D eigenvalue weighted by Crippen LogP contribution is 2.25. The molecule has 5 heterocycles. The van der Waals surface area contributed by atoms with Crippen LogP contribution in [0.2, 0.25) is 0 Å². The average molecular weight is 1280 g/mol. The van der Waals surface area contributed by atoms with Crippen LogP contribution in [0.4, 0.5) is 0 Å². The van der Waals surface area contributed by atoms with Crippen LogP contribution in [0, 0.1) is 41.4 Å². The monoisotopic (exact) mass is 1280 g/mol. The van der Waals surface area contributed by atoms with Crippen LogP contribution in [0.25, 0.3) is 0 Å². The minimum absolute atomic E-state index is 0.0332. The zero-order valence-corrected chi connectivity index (χ0v) is 58.6. The molecule has 0 aromatic rings. The van der Waals surface area contributed by atoms with Crippen molar-refractivity contribution < 1.29 is 71.6 Å². The molecular formula is C70H125N5O15. The van der Waals surface area contributed by atoms with Gasteiger partial charge in [-0.1, -0.05) is 146 Å². The van der Waals surface area contributed by atoms with Gasteiger partial charge in [-0.05, 0) is 84.0 Å². The van der Waals surface area contributed by atoms with Gasteiger partial charge in [0.05, 0.1) is 62.6 Å². The second-order valence-corrected chi connectivity index (χ2v) is 25.5. The molecule has 520 valence electrons. The van der Waals surface area contributed by atoms with Crippen molar-refractivity contribution >= 4 is 59.4 Å². The number of methoxy groups -OCH3 is 1. The van der Waals surface area contributed by atoms with Crippen molar-refractivity contribution in [1.29, 1.82) is 0 Å². The van der Waals surface area contributed by atoms with Gasteiger partial charge < -0.3 is 48.2 Å². The van der Waals surface area contributed by atoms with Crippen molar-refractivity contribution in [1.82, 2.24) is 24.5 Å². The average Bonchev–Trinajstić information content (AvgIpc) is 2.70. The summed E-state index contributed by atoms with van der Waals surface area (Å²) < 4.78 is 25.7. The van der Waals surface area contributed by atoms with Crippen molar-refractivity contribution in [2.24, 2.45) is 41.4 Å². The Morgan fingerprint density at radius 2 is 0.789 bits per heavy atom.